The summed E-state index contributed by atoms with van der Waals surface area (Å²) in [5.41, 5.74) is 1.15. The third-order valence-electron chi connectivity index (χ3n) is 2.70. The van der Waals surface area contributed by atoms with Crippen LogP contribution in [0.1, 0.15) is 11.1 Å². The lowest BCUT2D eigenvalue weighted by molar-refractivity contribution is -0.384. The standard InChI is InChI=1S/C14H8BrClN2O3/c15-13-5-11(18(19)20)3-1-10(13)8-21-12-4-2-9(7-17)14(16)6-12/h1-6H,8H2. The normalized spacial score (nSPS) is 9.95. The highest BCUT2D eigenvalue weighted by molar-refractivity contribution is 9.10. The van der Waals surface area contributed by atoms with Gasteiger partial charge >= 0.3 is 0 Å². The molecule has 0 aliphatic rings. The summed E-state index contributed by atoms with van der Waals surface area (Å²) < 4.78 is 6.15. The molecule has 2 aromatic rings. The first-order valence-corrected chi connectivity index (χ1v) is 6.93. The van der Waals surface area contributed by atoms with Crippen LogP contribution in [0.2, 0.25) is 5.02 Å². The number of ether oxygens (including phenoxy) is 1. The zero-order chi connectivity index (χ0) is 15.4. The predicted molar refractivity (Wildman–Crippen MR) is 81.3 cm³/mol. The van der Waals surface area contributed by atoms with E-state index < -0.39 is 4.92 Å². The maximum Gasteiger partial charge on any atom is 0.270 e. The molecule has 7 heteroatoms. The maximum absolute atomic E-state index is 10.7. The molecule has 21 heavy (non-hydrogen) atoms. The van der Waals surface area contributed by atoms with Gasteiger partial charge in [0.2, 0.25) is 0 Å². The van der Waals surface area contributed by atoms with Crippen molar-refractivity contribution in [2.24, 2.45) is 0 Å². The van der Waals surface area contributed by atoms with Gasteiger partial charge in [-0.15, -0.1) is 0 Å². The minimum atomic E-state index is -0.463. The summed E-state index contributed by atoms with van der Waals surface area (Å²) in [4.78, 5) is 10.2. The van der Waals surface area contributed by atoms with Crippen LogP contribution in [-0.2, 0) is 6.61 Å². The maximum atomic E-state index is 10.7. The molecule has 0 spiro atoms. The van der Waals surface area contributed by atoms with Crippen molar-refractivity contribution in [1.82, 2.24) is 0 Å². The number of hydrogen-bond donors (Lipinski definition) is 0. The van der Waals surface area contributed by atoms with Crippen molar-refractivity contribution in [3.63, 3.8) is 0 Å². The molecule has 0 radical (unpaired) electrons. The molecule has 0 aliphatic heterocycles. The molecule has 106 valence electrons. The minimum Gasteiger partial charge on any atom is -0.489 e. The van der Waals surface area contributed by atoms with E-state index in [0.717, 1.165) is 5.56 Å². The quantitative estimate of drug-likeness (QED) is 0.590. The summed E-state index contributed by atoms with van der Waals surface area (Å²) in [6.45, 7) is 0.223. The molecule has 0 bridgehead atoms. The van der Waals surface area contributed by atoms with Gasteiger partial charge in [0.15, 0.2) is 0 Å². The van der Waals surface area contributed by atoms with Gasteiger partial charge in [0.1, 0.15) is 18.4 Å². The molecule has 0 saturated carbocycles. The topological polar surface area (TPSA) is 76.2 Å². The van der Waals surface area contributed by atoms with E-state index >= 15 is 0 Å². The van der Waals surface area contributed by atoms with Gasteiger partial charge in [0, 0.05) is 28.2 Å². The van der Waals surface area contributed by atoms with Gasteiger partial charge in [-0.2, -0.15) is 5.26 Å². The van der Waals surface area contributed by atoms with Crippen molar-refractivity contribution in [3.05, 3.63) is 67.1 Å². The van der Waals surface area contributed by atoms with Gasteiger partial charge in [0.25, 0.3) is 5.69 Å². The molecular formula is C14H8BrClN2O3. The number of hydrogen-bond acceptors (Lipinski definition) is 4. The van der Waals surface area contributed by atoms with Crippen molar-refractivity contribution in [3.8, 4) is 11.8 Å². The fraction of sp³-hybridized carbons (Fsp3) is 0.0714. The second kappa shape index (κ2) is 6.57. The number of halogens is 2. The summed E-state index contributed by atoms with van der Waals surface area (Å²) in [5, 5.41) is 19.8. The van der Waals surface area contributed by atoms with Crippen LogP contribution < -0.4 is 4.74 Å². The number of rotatable bonds is 4. The molecule has 0 amide bonds. The van der Waals surface area contributed by atoms with Gasteiger partial charge in [-0.25, -0.2) is 0 Å². The number of nitro benzene ring substituents is 1. The number of nitrogens with zero attached hydrogens (tertiary/aromatic N) is 2. The van der Waals surface area contributed by atoms with E-state index in [1.54, 1.807) is 24.3 Å². The highest BCUT2D eigenvalue weighted by Gasteiger charge is 2.10. The first kappa shape index (κ1) is 15.3. The summed E-state index contributed by atoms with van der Waals surface area (Å²) >= 11 is 9.18. The Kier molecular flexibility index (Phi) is 4.78. The molecule has 0 N–H and O–H groups in total. The molecule has 0 heterocycles. The lowest BCUT2D eigenvalue weighted by Crippen LogP contribution is -1.98. The molecule has 0 fully saturated rings. The van der Waals surface area contributed by atoms with E-state index in [4.69, 9.17) is 21.6 Å². The highest BCUT2D eigenvalue weighted by Crippen LogP contribution is 2.26. The average molecular weight is 368 g/mol. The van der Waals surface area contributed by atoms with E-state index in [9.17, 15) is 10.1 Å². The summed E-state index contributed by atoms with van der Waals surface area (Å²) in [6.07, 6.45) is 0. The zero-order valence-electron chi connectivity index (χ0n) is 10.5. The molecular weight excluding hydrogens is 360 g/mol. The zero-order valence-corrected chi connectivity index (χ0v) is 12.9. The average Bonchev–Trinajstić information content (AvgIpc) is 2.46. The largest absolute Gasteiger partial charge is 0.489 e. The molecule has 5 nitrogen and oxygen atoms in total. The van der Waals surface area contributed by atoms with Crippen molar-refractivity contribution < 1.29 is 9.66 Å². The SMILES string of the molecule is N#Cc1ccc(OCc2ccc([N+](=O)[O-])cc2Br)cc1Cl. The van der Waals surface area contributed by atoms with Crippen LogP contribution in [0, 0.1) is 21.4 Å². The van der Waals surface area contributed by atoms with Gasteiger partial charge in [0.05, 0.1) is 15.5 Å². The Balaban J connectivity index is 2.11. The number of non-ortho nitro benzene ring substituents is 1. The highest BCUT2D eigenvalue weighted by atomic mass is 79.9. The van der Waals surface area contributed by atoms with E-state index in [0.29, 0.717) is 20.8 Å². The summed E-state index contributed by atoms with van der Waals surface area (Å²) in [7, 11) is 0. The van der Waals surface area contributed by atoms with Crippen LogP contribution in [0.25, 0.3) is 0 Å². The van der Waals surface area contributed by atoms with Crippen LogP contribution in [-0.4, -0.2) is 4.92 Å². The van der Waals surface area contributed by atoms with Gasteiger partial charge in [-0.05, 0) is 18.2 Å². The first-order valence-electron chi connectivity index (χ1n) is 5.76. The first-order chi connectivity index (χ1) is 10.0. The molecule has 0 aromatic heterocycles. The van der Waals surface area contributed by atoms with E-state index in [1.807, 2.05) is 6.07 Å². The Labute approximate surface area is 134 Å². The third kappa shape index (κ3) is 3.72. The van der Waals surface area contributed by atoms with Crippen molar-refractivity contribution in [1.29, 1.82) is 5.26 Å². The van der Waals surface area contributed by atoms with Crippen LogP contribution >= 0.6 is 27.5 Å². The van der Waals surface area contributed by atoms with Crippen LogP contribution in [0.5, 0.6) is 5.75 Å². The Morgan fingerprint density at radius 1 is 1.33 bits per heavy atom. The fourth-order valence-electron chi connectivity index (χ4n) is 1.60. The Bertz CT molecular complexity index is 743. The summed E-state index contributed by atoms with van der Waals surface area (Å²) in [6, 6.07) is 11.2. The van der Waals surface area contributed by atoms with Crippen LogP contribution in [0.15, 0.2) is 40.9 Å². The van der Waals surface area contributed by atoms with E-state index in [-0.39, 0.29) is 12.3 Å². The van der Waals surface area contributed by atoms with Crippen molar-refractivity contribution in [2.75, 3.05) is 0 Å². The predicted octanol–water partition coefficient (Wildman–Crippen LogP) is 4.46. The number of nitro groups is 1. The fourth-order valence-corrected chi connectivity index (χ4v) is 2.30. The van der Waals surface area contributed by atoms with Crippen molar-refractivity contribution in [2.45, 2.75) is 6.61 Å². The monoisotopic (exact) mass is 366 g/mol. The molecule has 0 atom stereocenters. The Morgan fingerprint density at radius 3 is 2.67 bits per heavy atom. The van der Waals surface area contributed by atoms with E-state index in [2.05, 4.69) is 15.9 Å². The molecule has 0 unspecified atom stereocenters. The van der Waals surface area contributed by atoms with Gasteiger partial charge < -0.3 is 4.74 Å². The summed E-state index contributed by atoms with van der Waals surface area (Å²) in [5.74, 6) is 0.518. The lowest BCUT2D eigenvalue weighted by atomic mass is 10.2. The molecule has 2 aromatic carbocycles. The number of benzene rings is 2. The second-order valence-corrected chi connectivity index (χ2v) is 5.34. The van der Waals surface area contributed by atoms with Crippen LogP contribution in [0.3, 0.4) is 0 Å². The van der Waals surface area contributed by atoms with Crippen LogP contribution in [0.4, 0.5) is 5.69 Å². The Hall–Kier alpha value is -2.10. The lowest BCUT2D eigenvalue weighted by Gasteiger charge is -2.08. The van der Waals surface area contributed by atoms with E-state index in [1.165, 1.54) is 12.1 Å². The minimum absolute atomic E-state index is 0.00652. The smallest absolute Gasteiger partial charge is 0.270 e. The van der Waals surface area contributed by atoms with Gasteiger partial charge in [-0.3, -0.25) is 10.1 Å². The molecule has 2 rings (SSSR count). The van der Waals surface area contributed by atoms with Gasteiger partial charge in [-0.1, -0.05) is 27.5 Å². The van der Waals surface area contributed by atoms with Crippen molar-refractivity contribution >= 4 is 33.2 Å². The Morgan fingerprint density at radius 2 is 2.10 bits per heavy atom. The number of nitriles is 1. The third-order valence-corrected chi connectivity index (χ3v) is 3.75. The molecule has 0 saturated heterocycles. The second-order valence-electron chi connectivity index (χ2n) is 4.07. The molecule has 0 aliphatic carbocycles.